The number of nitrogens with two attached hydrogens (primary N) is 1. The molecule has 3 unspecified atom stereocenters. The van der Waals surface area contributed by atoms with Crippen LogP contribution in [0.5, 0.6) is 0 Å². The molecule has 2 N–H and O–H groups in total. The average Bonchev–Trinajstić information content (AvgIpc) is 3.02. The zero-order chi connectivity index (χ0) is 12.2. The van der Waals surface area contributed by atoms with Crippen LogP contribution in [0.15, 0.2) is 4.99 Å². The third kappa shape index (κ3) is 1.42. The largest absolute Gasteiger partial charge is 0.385 e. The fourth-order valence-corrected chi connectivity index (χ4v) is 3.73. The van der Waals surface area contributed by atoms with Crippen molar-refractivity contribution in [3.63, 3.8) is 0 Å². The highest BCUT2D eigenvalue weighted by Crippen LogP contribution is 2.48. The van der Waals surface area contributed by atoms with E-state index in [2.05, 4.69) is 18.8 Å². The van der Waals surface area contributed by atoms with Gasteiger partial charge in [0.25, 0.3) is 0 Å². The van der Waals surface area contributed by atoms with Gasteiger partial charge in [0.2, 0.25) is 0 Å². The van der Waals surface area contributed by atoms with Gasteiger partial charge < -0.3 is 10.6 Å². The van der Waals surface area contributed by atoms with Crippen molar-refractivity contribution < 1.29 is 4.79 Å². The minimum Gasteiger partial charge on any atom is -0.385 e. The molecular weight excluding hydrogens is 214 g/mol. The first-order valence-electron chi connectivity index (χ1n) is 6.73. The van der Waals surface area contributed by atoms with E-state index in [-0.39, 0.29) is 11.6 Å². The highest BCUT2D eigenvalue weighted by Gasteiger charge is 2.57. The number of amidine groups is 1. The minimum atomic E-state index is -0.245. The molecule has 94 valence electrons. The van der Waals surface area contributed by atoms with Crippen LogP contribution in [0.25, 0.3) is 0 Å². The maximum absolute atomic E-state index is 12.0. The van der Waals surface area contributed by atoms with Gasteiger partial charge in [-0.1, -0.05) is 13.8 Å². The van der Waals surface area contributed by atoms with Gasteiger partial charge in [0, 0.05) is 6.04 Å². The number of aliphatic imine (C=N–C) groups is 1. The lowest BCUT2D eigenvalue weighted by Crippen LogP contribution is -2.61. The van der Waals surface area contributed by atoms with Crippen LogP contribution >= 0.6 is 0 Å². The molecule has 3 aliphatic rings. The number of carbonyl (C=O) groups excluding carboxylic acids is 1. The number of amides is 2. The van der Waals surface area contributed by atoms with Crippen molar-refractivity contribution in [3.8, 4) is 0 Å². The summed E-state index contributed by atoms with van der Waals surface area (Å²) in [4.78, 5) is 18.1. The number of hydrogen-bond acceptors (Lipinski definition) is 2. The summed E-state index contributed by atoms with van der Waals surface area (Å²) in [5, 5.41) is 0. The number of rotatable bonds is 1. The molecule has 4 heteroatoms. The van der Waals surface area contributed by atoms with Crippen LogP contribution in [0.1, 0.15) is 46.0 Å². The third-order valence-electron chi connectivity index (χ3n) is 4.80. The van der Waals surface area contributed by atoms with Gasteiger partial charge in [0.05, 0.1) is 0 Å². The maximum Gasteiger partial charge on any atom is 0.346 e. The molecule has 3 atom stereocenters. The van der Waals surface area contributed by atoms with Crippen LogP contribution < -0.4 is 5.73 Å². The summed E-state index contributed by atoms with van der Waals surface area (Å²) in [7, 11) is 0. The quantitative estimate of drug-likeness (QED) is 0.757. The first-order chi connectivity index (χ1) is 8.05. The van der Waals surface area contributed by atoms with E-state index in [1.54, 1.807) is 0 Å². The molecule has 2 saturated carbocycles. The van der Waals surface area contributed by atoms with Crippen molar-refractivity contribution in [1.82, 2.24) is 4.90 Å². The molecule has 0 saturated heterocycles. The molecule has 0 bridgehead atoms. The fraction of sp³-hybridized carbons (Fsp3) is 0.846. The second-order valence-electron chi connectivity index (χ2n) is 6.09. The van der Waals surface area contributed by atoms with E-state index in [9.17, 15) is 4.79 Å². The maximum atomic E-state index is 12.0. The molecule has 3 rings (SSSR count). The normalized spacial score (nSPS) is 42.1. The van der Waals surface area contributed by atoms with E-state index in [1.807, 2.05) is 4.90 Å². The van der Waals surface area contributed by atoms with Crippen LogP contribution in [0, 0.1) is 11.8 Å². The van der Waals surface area contributed by atoms with Gasteiger partial charge >= 0.3 is 6.03 Å². The van der Waals surface area contributed by atoms with Crippen molar-refractivity contribution in [3.05, 3.63) is 0 Å². The number of nitrogens with zero attached hydrogens (tertiary/aromatic N) is 2. The van der Waals surface area contributed by atoms with E-state index >= 15 is 0 Å². The molecule has 0 aromatic carbocycles. The average molecular weight is 235 g/mol. The van der Waals surface area contributed by atoms with Crippen LogP contribution in [0.4, 0.5) is 4.79 Å². The molecule has 4 nitrogen and oxygen atoms in total. The van der Waals surface area contributed by atoms with Crippen molar-refractivity contribution in [2.75, 3.05) is 0 Å². The third-order valence-corrected chi connectivity index (χ3v) is 4.80. The highest BCUT2D eigenvalue weighted by molar-refractivity contribution is 6.06. The summed E-state index contributed by atoms with van der Waals surface area (Å²) in [6.07, 6.45) is 5.54. The second-order valence-corrected chi connectivity index (χ2v) is 6.09. The Labute approximate surface area is 102 Å². The lowest BCUT2D eigenvalue weighted by atomic mass is 9.68. The monoisotopic (exact) mass is 235 g/mol. The predicted octanol–water partition coefficient (Wildman–Crippen LogP) is 2.14. The topological polar surface area (TPSA) is 58.7 Å². The lowest BCUT2D eigenvalue weighted by Gasteiger charge is -2.47. The molecule has 1 spiro atoms. The SMILES string of the molecule is CC1CCC2(C(N)=NC(=O)N2C2CC2)C(C)C1. The summed E-state index contributed by atoms with van der Waals surface area (Å²) in [6.45, 7) is 4.51. The Morgan fingerprint density at radius 3 is 2.65 bits per heavy atom. The molecule has 1 aliphatic heterocycles. The van der Waals surface area contributed by atoms with Gasteiger partial charge in [-0.25, -0.2) is 4.79 Å². The summed E-state index contributed by atoms with van der Waals surface area (Å²) < 4.78 is 0. The minimum absolute atomic E-state index is 0.0913. The number of urea groups is 1. The Morgan fingerprint density at radius 2 is 2.06 bits per heavy atom. The molecule has 1 heterocycles. The molecule has 2 amide bonds. The Morgan fingerprint density at radius 1 is 1.35 bits per heavy atom. The van der Waals surface area contributed by atoms with Crippen LogP contribution in [-0.4, -0.2) is 28.3 Å². The van der Waals surface area contributed by atoms with Crippen molar-refractivity contribution in [2.45, 2.75) is 57.5 Å². The smallest absolute Gasteiger partial charge is 0.346 e. The molecule has 17 heavy (non-hydrogen) atoms. The van der Waals surface area contributed by atoms with E-state index < -0.39 is 0 Å². The van der Waals surface area contributed by atoms with Gasteiger partial charge in [-0.05, 0) is 43.9 Å². The Bertz CT molecular complexity index is 388. The van der Waals surface area contributed by atoms with Crippen molar-refractivity contribution in [2.24, 2.45) is 22.6 Å². The Balaban J connectivity index is 1.97. The van der Waals surface area contributed by atoms with Gasteiger partial charge in [-0.3, -0.25) is 0 Å². The number of hydrogen-bond donors (Lipinski definition) is 1. The molecule has 0 aromatic heterocycles. The van der Waals surface area contributed by atoms with Crippen LogP contribution in [0.3, 0.4) is 0 Å². The second kappa shape index (κ2) is 3.47. The van der Waals surface area contributed by atoms with E-state index in [0.717, 1.165) is 38.0 Å². The number of carbonyl (C=O) groups is 1. The van der Waals surface area contributed by atoms with Crippen LogP contribution in [0.2, 0.25) is 0 Å². The highest BCUT2D eigenvalue weighted by atomic mass is 16.2. The van der Waals surface area contributed by atoms with Crippen LogP contribution in [-0.2, 0) is 0 Å². The first-order valence-corrected chi connectivity index (χ1v) is 6.73. The first kappa shape index (κ1) is 11.1. The molecular formula is C13H21N3O. The molecule has 2 aliphatic carbocycles. The molecule has 0 aromatic rings. The van der Waals surface area contributed by atoms with Crippen molar-refractivity contribution >= 4 is 11.9 Å². The zero-order valence-electron chi connectivity index (χ0n) is 10.6. The van der Waals surface area contributed by atoms with Crippen molar-refractivity contribution in [1.29, 1.82) is 0 Å². The predicted molar refractivity (Wildman–Crippen MR) is 66.8 cm³/mol. The summed E-state index contributed by atoms with van der Waals surface area (Å²) in [5.74, 6) is 1.75. The van der Waals surface area contributed by atoms with E-state index in [0.29, 0.717) is 17.8 Å². The summed E-state index contributed by atoms with van der Waals surface area (Å²) in [6, 6.07) is 0.314. The van der Waals surface area contributed by atoms with E-state index in [1.165, 1.54) is 0 Å². The zero-order valence-corrected chi connectivity index (χ0v) is 10.6. The van der Waals surface area contributed by atoms with Gasteiger partial charge in [0.15, 0.2) is 0 Å². The van der Waals surface area contributed by atoms with Gasteiger partial charge in [-0.15, -0.1) is 0 Å². The molecule has 2 fully saturated rings. The molecule has 0 radical (unpaired) electrons. The fourth-order valence-electron chi connectivity index (χ4n) is 3.73. The summed E-state index contributed by atoms with van der Waals surface area (Å²) in [5.41, 5.74) is 5.87. The van der Waals surface area contributed by atoms with E-state index in [4.69, 9.17) is 5.73 Å². The van der Waals surface area contributed by atoms with Gasteiger partial charge in [-0.2, -0.15) is 4.99 Å². The Hall–Kier alpha value is -1.06. The van der Waals surface area contributed by atoms with Gasteiger partial charge in [0.1, 0.15) is 11.4 Å². The standard InChI is InChI=1S/C13H21N3O/c1-8-5-6-13(9(2)7-8)11(14)15-12(17)16(13)10-3-4-10/h8-10H,3-7H2,1-2H3,(H2,14,15,17). The summed E-state index contributed by atoms with van der Waals surface area (Å²) >= 11 is 0. The lowest BCUT2D eigenvalue weighted by molar-refractivity contribution is 0.0791. The Kier molecular flexibility index (Phi) is 2.25.